The second-order valence-electron chi connectivity index (χ2n) is 3.36. The molecule has 0 aliphatic rings. The molecule has 0 aliphatic carbocycles. The van der Waals surface area contributed by atoms with Gasteiger partial charge in [-0.3, -0.25) is 4.79 Å². The molecule has 0 aromatic heterocycles. The fourth-order valence-corrected chi connectivity index (χ4v) is 1.95. The molecule has 1 aromatic rings. The van der Waals surface area contributed by atoms with Crippen molar-refractivity contribution in [3.63, 3.8) is 0 Å². The number of carbonyl (C=O) groups is 1. The minimum absolute atomic E-state index is 0.0571. The highest BCUT2D eigenvalue weighted by Gasteiger charge is 2.31. The monoisotopic (exact) mass is 344 g/mol. The van der Waals surface area contributed by atoms with E-state index in [0.717, 1.165) is 12.1 Å². The summed E-state index contributed by atoms with van der Waals surface area (Å²) in [5.41, 5.74) is 0.642. The van der Waals surface area contributed by atoms with E-state index in [1.807, 2.05) is 0 Å². The Kier molecular flexibility index (Phi) is 5.47. The first-order valence-electron chi connectivity index (χ1n) is 4.91. The van der Waals surface area contributed by atoms with Crippen LogP contribution in [0.15, 0.2) is 18.2 Å². The summed E-state index contributed by atoms with van der Waals surface area (Å²) < 4.78 is 39.8. The Hall–Kier alpha value is -0.750. The van der Waals surface area contributed by atoms with E-state index in [2.05, 4.69) is 20.7 Å². The van der Waals surface area contributed by atoms with Crippen molar-refractivity contribution >= 4 is 33.3 Å². The molecule has 0 bridgehead atoms. The molecule has 2 nitrogen and oxygen atoms in total. The van der Waals surface area contributed by atoms with Crippen molar-refractivity contribution in [2.24, 2.45) is 0 Å². The maximum Gasteiger partial charge on any atom is 0.573 e. The van der Waals surface area contributed by atoms with Crippen LogP contribution in [0.3, 0.4) is 0 Å². The van der Waals surface area contributed by atoms with Gasteiger partial charge >= 0.3 is 6.36 Å². The maximum absolute atomic E-state index is 12.0. The van der Waals surface area contributed by atoms with Crippen LogP contribution in [0, 0.1) is 0 Å². The Bertz CT molecular complexity index is 435. The van der Waals surface area contributed by atoms with Crippen LogP contribution in [0.4, 0.5) is 13.2 Å². The molecular formula is C11H9BrClF3O2. The molecule has 0 fully saturated rings. The van der Waals surface area contributed by atoms with Crippen molar-refractivity contribution in [2.45, 2.75) is 18.7 Å². The molecule has 0 unspecified atom stereocenters. The van der Waals surface area contributed by atoms with Crippen molar-refractivity contribution in [1.29, 1.82) is 0 Å². The standard InChI is InChI=1S/C11H9BrClF3O2/c12-4-3-10(17)9-2-1-8(5-7(9)6-13)18-11(14,15)16/h1-2,5H,3-4,6H2. The molecule has 1 aromatic carbocycles. The lowest BCUT2D eigenvalue weighted by molar-refractivity contribution is -0.274. The summed E-state index contributed by atoms with van der Waals surface area (Å²) in [5.74, 6) is -0.618. The van der Waals surface area contributed by atoms with E-state index in [0.29, 0.717) is 16.5 Å². The predicted octanol–water partition coefficient (Wildman–Crippen LogP) is 4.29. The lowest BCUT2D eigenvalue weighted by atomic mass is 10.0. The fraction of sp³-hybridized carbons (Fsp3) is 0.364. The Morgan fingerprint density at radius 1 is 1.39 bits per heavy atom. The zero-order valence-electron chi connectivity index (χ0n) is 9.06. The predicted molar refractivity (Wildman–Crippen MR) is 65.4 cm³/mol. The van der Waals surface area contributed by atoms with Crippen molar-refractivity contribution < 1.29 is 22.7 Å². The summed E-state index contributed by atoms with van der Waals surface area (Å²) in [5, 5.41) is 0.481. The summed E-state index contributed by atoms with van der Waals surface area (Å²) in [6.45, 7) is 0. The first-order valence-corrected chi connectivity index (χ1v) is 6.56. The number of rotatable bonds is 5. The summed E-state index contributed by atoms with van der Waals surface area (Å²) >= 11 is 8.74. The van der Waals surface area contributed by atoms with Crippen LogP contribution in [0.5, 0.6) is 5.75 Å². The number of ketones is 1. The van der Waals surface area contributed by atoms with Crippen LogP contribution in [-0.2, 0) is 5.88 Å². The number of halogens is 5. The average Bonchev–Trinajstić information content (AvgIpc) is 2.27. The van der Waals surface area contributed by atoms with Crippen LogP contribution in [0.2, 0.25) is 0 Å². The SMILES string of the molecule is O=C(CCBr)c1ccc(OC(F)(F)F)cc1CCl. The lowest BCUT2D eigenvalue weighted by Gasteiger charge is -2.11. The number of benzene rings is 1. The van der Waals surface area contributed by atoms with Crippen LogP contribution in [0.1, 0.15) is 22.3 Å². The number of alkyl halides is 5. The molecule has 0 heterocycles. The molecule has 0 N–H and O–H groups in total. The van der Waals surface area contributed by atoms with Gasteiger partial charge in [-0.05, 0) is 23.8 Å². The largest absolute Gasteiger partial charge is 0.573 e. The average molecular weight is 346 g/mol. The highest BCUT2D eigenvalue weighted by Crippen LogP contribution is 2.26. The third-order valence-corrected chi connectivity index (χ3v) is 2.76. The van der Waals surface area contributed by atoms with Crippen LogP contribution in [0.25, 0.3) is 0 Å². The van der Waals surface area contributed by atoms with Gasteiger partial charge < -0.3 is 4.74 Å². The number of carbonyl (C=O) groups excluding carboxylic acids is 1. The molecule has 0 amide bonds. The molecule has 0 saturated heterocycles. The number of hydrogen-bond acceptors (Lipinski definition) is 2. The highest BCUT2D eigenvalue weighted by molar-refractivity contribution is 9.09. The van der Waals surface area contributed by atoms with Crippen LogP contribution < -0.4 is 4.74 Å². The maximum atomic E-state index is 12.0. The van der Waals surface area contributed by atoms with Gasteiger partial charge in [0, 0.05) is 23.2 Å². The number of hydrogen-bond donors (Lipinski definition) is 0. The Morgan fingerprint density at radius 2 is 2.06 bits per heavy atom. The first kappa shape index (κ1) is 15.3. The molecular weight excluding hydrogens is 336 g/mol. The lowest BCUT2D eigenvalue weighted by Crippen LogP contribution is -2.17. The van der Waals surface area contributed by atoms with E-state index < -0.39 is 6.36 Å². The molecule has 7 heteroatoms. The van der Waals surface area contributed by atoms with E-state index >= 15 is 0 Å². The van der Waals surface area contributed by atoms with E-state index in [9.17, 15) is 18.0 Å². The first-order chi connectivity index (χ1) is 8.37. The quantitative estimate of drug-likeness (QED) is 0.588. The molecule has 0 saturated carbocycles. The zero-order chi connectivity index (χ0) is 13.8. The molecule has 0 aliphatic heterocycles. The van der Waals surface area contributed by atoms with Gasteiger partial charge in [-0.1, -0.05) is 15.9 Å². The third kappa shape index (κ3) is 4.49. The summed E-state index contributed by atoms with van der Waals surface area (Å²) in [6.07, 6.45) is -4.51. The summed E-state index contributed by atoms with van der Waals surface area (Å²) in [7, 11) is 0. The molecule has 100 valence electrons. The van der Waals surface area contributed by atoms with Gasteiger partial charge in [-0.2, -0.15) is 0 Å². The normalized spacial score (nSPS) is 11.4. The van der Waals surface area contributed by atoms with Gasteiger partial charge in [-0.15, -0.1) is 24.8 Å². The minimum atomic E-state index is -4.76. The van der Waals surface area contributed by atoms with Gasteiger partial charge in [0.05, 0.1) is 0 Å². The smallest absolute Gasteiger partial charge is 0.406 e. The Labute approximate surface area is 115 Å². The third-order valence-electron chi connectivity index (χ3n) is 2.08. The van der Waals surface area contributed by atoms with Crippen molar-refractivity contribution in [3.8, 4) is 5.75 Å². The molecule has 18 heavy (non-hydrogen) atoms. The van der Waals surface area contributed by atoms with E-state index in [-0.39, 0.29) is 23.8 Å². The van der Waals surface area contributed by atoms with Gasteiger partial charge in [0.25, 0.3) is 0 Å². The zero-order valence-corrected chi connectivity index (χ0v) is 11.4. The second kappa shape index (κ2) is 6.43. The van der Waals surface area contributed by atoms with Gasteiger partial charge in [0.1, 0.15) is 5.75 Å². The summed E-state index contributed by atoms with van der Waals surface area (Å²) in [4.78, 5) is 11.7. The van der Waals surface area contributed by atoms with E-state index in [1.165, 1.54) is 6.07 Å². The number of Topliss-reactive ketones (excluding diaryl/α,β-unsaturated/α-hetero) is 1. The Balaban J connectivity index is 3.00. The van der Waals surface area contributed by atoms with Gasteiger partial charge in [0.15, 0.2) is 5.78 Å². The minimum Gasteiger partial charge on any atom is -0.406 e. The van der Waals surface area contributed by atoms with E-state index in [1.54, 1.807) is 0 Å². The molecule has 1 rings (SSSR count). The van der Waals surface area contributed by atoms with Gasteiger partial charge in [-0.25, -0.2) is 0 Å². The van der Waals surface area contributed by atoms with Crippen LogP contribution >= 0.6 is 27.5 Å². The fourth-order valence-electron chi connectivity index (χ4n) is 1.37. The molecule has 0 spiro atoms. The Morgan fingerprint density at radius 3 is 2.56 bits per heavy atom. The second-order valence-corrected chi connectivity index (χ2v) is 4.42. The highest BCUT2D eigenvalue weighted by atomic mass is 79.9. The van der Waals surface area contributed by atoms with Gasteiger partial charge in [0.2, 0.25) is 0 Å². The van der Waals surface area contributed by atoms with Crippen molar-refractivity contribution in [1.82, 2.24) is 0 Å². The molecule has 0 atom stereocenters. The molecule has 0 radical (unpaired) electrons. The summed E-state index contributed by atoms with van der Waals surface area (Å²) in [6, 6.07) is 3.52. The van der Waals surface area contributed by atoms with E-state index in [4.69, 9.17) is 11.6 Å². The van der Waals surface area contributed by atoms with Crippen molar-refractivity contribution in [3.05, 3.63) is 29.3 Å². The topological polar surface area (TPSA) is 26.3 Å². The number of ether oxygens (including phenoxy) is 1. The van der Waals surface area contributed by atoms with Crippen LogP contribution in [-0.4, -0.2) is 17.5 Å². The van der Waals surface area contributed by atoms with Crippen molar-refractivity contribution in [2.75, 3.05) is 5.33 Å².